The van der Waals surface area contributed by atoms with Gasteiger partial charge in [-0.05, 0) is 24.2 Å². The maximum Gasteiger partial charge on any atom is 0.404 e. The molecule has 0 aliphatic heterocycles. The molecule has 184 valence electrons. The second-order valence-electron chi connectivity index (χ2n) is 8.84. The van der Waals surface area contributed by atoms with Crippen LogP contribution < -0.4 is 21.1 Å². The van der Waals surface area contributed by atoms with Crippen LogP contribution in [0.25, 0.3) is 0 Å². The lowest BCUT2D eigenvalue weighted by atomic mass is 10.1. The lowest BCUT2D eigenvalue weighted by molar-refractivity contribution is -0.384. The number of carbonyl (C=O) groups excluding carboxylic acids is 1. The Morgan fingerprint density at radius 2 is 1.85 bits per heavy atom. The van der Waals surface area contributed by atoms with Gasteiger partial charge >= 0.3 is 6.09 Å². The van der Waals surface area contributed by atoms with E-state index in [0.717, 1.165) is 6.07 Å². The number of anilines is 1. The van der Waals surface area contributed by atoms with Gasteiger partial charge in [-0.15, -0.1) is 0 Å². The van der Waals surface area contributed by atoms with Crippen LogP contribution in [-0.2, 0) is 4.43 Å². The molecule has 1 aromatic carbocycles. The molecule has 1 rings (SSSR count). The summed E-state index contributed by atoms with van der Waals surface area (Å²) in [6.45, 7) is 11.7. The van der Waals surface area contributed by atoms with Crippen LogP contribution in [-0.4, -0.2) is 56.7 Å². The van der Waals surface area contributed by atoms with Crippen LogP contribution in [0.2, 0.25) is 18.1 Å². The molecule has 0 saturated heterocycles. The van der Waals surface area contributed by atoms with E-state index in [1.54, 1.807) is 12.2 Å². The molecule has 2 amide bonds. The highest BCUT2D eigenvalue weighted by molar-refractivity contribution is 6.74. The quantitative estimate of drug-likeness (QED) is 0.108. The molecule has 0 unspecified atom stereocenters. The van der Waals surface area contributed by atoms with Crippen LogP contribution in [0, 0.1) is 10.1 Å². The van der Waals surface area contributed by atoms with Crippen molar-refractivity contribution in [1.82, 2.24) is 5.32 Å². The van der Waals surface area contributed by atoms with Gasteiger partial charge in [0.15, 0.2) is 14.0 Å². The Morgan fingerprint density at radius 3 is 2.39 bits per heavy atom. The van der Waals surface area contributed by atoms with E-state index in [0.29, 0.717) is 13.0 Å². The number of nitro groups is 1. The van der Waals surface area contributed by atoms with E-state index in [-0.39, 0.29) is 47.4 Å². The lowest BCUT2D eigenvalue weighted by Gasteiger charge is -2.36. The SMILES string of the molecule is CC(C)(C)[Si](C)(C)OCCCOc1cc(C(N)=O)cc([N+](=O)[O-])c1NC/C=C/CNC(=O)O. The molecule has 0 saturated carbocycles. The van der Waals surface area contributed by atoms with Crippen LogP contribution >= 0.6 is 0 Å². The Labute approximate surface area is 194 Å². The van der Waals surface area contributed by atoms with Gasteiger partial charge in [0, 0.05) is 37.7 Å². The summed E-state index contributed by atoms with van der Waals surface area (Å²) in [7, 11) is -1.90. The van der Waals surface area contributed by atoms with Gasteiger partial charge in [-0.3, -0.25) is 14.9 Å². The van der Waals surface area contributed by atoms with E-state index < -0.39 is 25.2 Å². The smallest absolute Gasteiger partial charge is 0.404 e. The average molecular weight is 483 g/mol. The van der Waals surface area contributed by atoms with E-state index in [1.165, 1.54) is 6.07 Å². The molecule has 0 spiro atoms. The molecule has 11 nitrogen and oxygen atoms in total. The minimum absolute atomic E-state index is 0.0408. The maximum atomic E-state index is 11.6. The summed E-state index contributed by atoms with van der Waals surface area (Å²) in [6, 6.07) is 2.45. The largest absolute Gasteiger partial charge is 0.491 e. The van der Waals surface area contributed by atoms with Gasteiger partial charge in [-0.2, -0.15) is 0 Å². The highest BCUT2D eigenvalue weighted by atomic mass is 28.4. The predicted octanol–water partition coefficient (Wildman–Crippen LogP) is 3.72. The Bertz CT molecular complexity index is 882. The number of hydrogen-bond donors (Lipinski definition) is 4. The number of carboxylic acid groups (broad SMARTS) is 1. The molecule has 0 atom stereocenters. The van der Waals surface area contributed by atoms with Crippen molar-refractivity contribution in [2.45, 2.75) is 45.3 Å². The zero-order chi connectivity index (χ0) is 25.2. The summed E-state index contributed by atoms with van der Waals surface area (Å²) in [6.07, 6.45) is 2.57. The fourth-order valence-corrected chi connectivity index (χ4v) is 3.52. The summed E-state index contributed by atoms with van der Waals surface area (Å²) >= 11 is 0. The standard InChI is InChI=1S/C21H34N4O7Si/c1-21(2,3)33(4,5)32-12-8-11-31-17-14-15(19(22)26)13-16(25(29)30)18(17)23-9-6-7-10-24-20(27)28/h6-7,13-14,23-24H,8-12H2,1-5H3,(H2,22,26)(H,27,28)/b7-6+. The number of benzene rings is 1. The number of ether oxygens (including phenoxy) is 1. The molecule has 0 aliphatic carbocycles. The first kappa shape index (κ1) is 27.9. The molecule has 0 bridgehead atoms. The van der Waals surface area contributed by atoms with Crippen molar-refractivity contribution in [3.8, 4) is 5.75 Å². The predicted molar refractivity (Wildman–Crippen MR) is 129 cm³/mol. The molecule has 0 aromatic heterocycles. The number of amides is 2. The van der Waals surface area contributed by atoms with Crippen molar-refractivity contribution < 1.29 is 28.8 Å². The molecule has 0 radical (unpaired) electrons. The van der Waals surface area contributed by atoms with E-state index in [9.17, 15) is 19.7 Å². The highest BCUT2D eigenvalue weighted by Gasteiger charge is 2.36. The van der Waals surface area contributed by atoms with Crippen LogP contribution in [0.3, 0.4) is 0 Å². The highest BCUT2D eigenvalue weighted by Crippen LogP contribution is 2.37. The number of hydrogen-bond acceptors (Lipinski definition) is 7. The third-order valence-corrected chi connectivity index (χ3v) is 9.85. The summed E-state index contributed by atoms with van der Waals surface area (Å²) in [5.41, 5.74) is 5.04. The number of carbonyl (C=O) groups is 2. The fourth-order valence-electron chi connectivity index (χ4n) is 2.44. The third-order valence-electron chi connectivity index (χ3n) is 5.31. The summed E-state index contributed by atoms with van der Waals surface area (Å²) in [4.78, 5) is 33.1. The molecule has 0 aliphatic rings. The molecule has 33 heavy (non-hydrogen) atoms. The molecular formula is C21H34N4O7Si. The minimum Gasteiger partial charge on any atom is -0.491 e. The normalized spacial score (nSPS) is 11.9. The first-order valence-corrected chi connectivity index (χ1v) is 13.4. The van der Waals surface area contributed by atoms with Crippen molar-refractivity contribution in [2.75, 3.05) is 31.6 Å². The first-order chi connectivity index (χ1) is 15.3. The number of nitro benzene ring substituents is 1. The average Bonchev–Trinajstić information content (AvgIpc) is 2.69. The monoisotopic (exact) mass is 482 g/mol. The van der Waals surface area contributed by atoms with Crippen LogP contribution in [0.15, 0.2) is 24.3 Å². The third kappa shape index (κ3) is 9.10. The van der Waals surface area contributed by atoms with Crippen molar-refractivity contribution in [1.29, 1.82) is 0 Å². The topological polar surface area (TPSA) is 166 Å². The van der Waals surface area contributed by atoms with E-state index in [4.69, 9.17) is 20.0 Å². The number of rotatable bonds is 13. The second-order valence-corrected chi connectivity index (χ2v) is 13.6. The van der Waals surface area contributed by atoms with E-state index in [2.05, 4.69) is 44.5 Å². The molecule has 1 aromatic rings. The van der Waals surface area contributed by atoms with Crippen molar-refractivity contribution in [2.24, 2.45) is 5.73 Å². The van der Waals surface area contributed by atoms with Gasteiger partial charge in [0.25, 0.3) is 5.69 Å². The second kappa shape index (κ2) is 12.2. The van der Waals surface area contributed by atoms with Crippen LogP contribution in [0.4, 0.5) is 16.2 Å². The summed E-state index contributed by atoms with van der Waals surface area (Å²) in [5.74, 6) is -0.683. The molecule has 12 heteroatoms. The molecule has 5 N–H and O–H groups in total. The van der Waals surface area contributed by atoms with Crippen LogP contribution in [0.1, 0.15) is 37.6 Å². The van der Waals surface area contributed by atoms with Gasteiger partial charge < -0.3 is 30.6 Å². The van der Waals surface area contributed by atoms with Crippen molar-refractivity contribution in [3.63, 3.8) is 0 Å². The number of nitrogens with one attached hydrogen (secondary N) is 2. The summed E-state index contributed by atoms with van der Waals surface area (Å²) < 4.78 is 11.9. The molecular weight excluding hydrogens is 448 g/mol. The van der Waals surface area contributed by atoms with Gasteiger partial charge in [-0.1, -0.05) is 32.9 Å². The Kier molecular flexibility index (Phi) is 10.3. The first-order valence-electron chi connectivity index (χ1n) is 10.5. The Hall–Kier alpha value is -3.12. The van der Waals surface area contributed by atoms with E-state index >= 15 is 0 Å². The zero-order valence-corrected chi connectivity index (χ0v) is 20.8. The number of nitrogens with zero attached hydrogens (tertiary/aromatic N) is 1. The zero-order valence-electron chi connectivity index (χ0n) is 19.8. The Morgan fingerprint density at radius 1 is 1.21 bits per heavy atom. The number of primary amides is 1. The minimum atomic E-state index is -1.90. The maximum absolute atomic E-state index is 11.6. The lowest BCUT2D eigenvalue weighted by Crippen LogP contribution is -2.41. The molecule has 0 heterocycles. The van der Waals surface area contributed by atoms with E-state index in [1.807, 2.05) is 0 Å². The molecule has 0 fully saturated rings. The number of nitrogens with two attached hydrogens (primary N) is 1. The van der Waals surface area contributed by atoms with Gasteiger partial charge in [0.2, 0.25) is 5.91 Å². The van der Waals surface area contributed by atoms with Gasteiger partial charge in [-0.25, -0.2) is 4.79 Å². The van der Waals surface area contributed by atoms with Gasteiger partial charge in [0.05, 0.1) is 11.5 Å². The summed E-state index contributed by atoms with van der Waals surface area (Å²) in [5, 5.41) is 25.3. The van der Waals surface area contributed by atoms with Crippen LogP contribution in [0.5, 0.6) is 5.75 Å². The van der Waals surface area contributed by atoms with Crippen molar-refractivity contribution in [3.05, 3.63) is 40.0 Å². The Balaban J connectivity index is 2.93. The fraction of sp³-hybridized carbons (Fsp3) is 0.524. The van der Waals surface area contributed by atoms with Gasteiger partial charge in [0.1, 0.15) is 5.75 Å². The van der Waals surface area contributed by atoms with Crippen molar-refractivity contribution >= 4 is 31.7 Å².